The van der Waals surface area contributed by atoms with Gasteiger partial charge >= 0.3 is 0 Å². The SMILES string of the molecule is O=C(Cn1nnc2ccccc2c1=O)N1CCC(C(=O)N2CCCC2)CC1. The van der Waals surface area contributed by atoms with Gasteiger partial charge in [-0.25, -0.2) is 4.68 Å². The summed E-state index contributed by atoms with van der Waals surface area (Å²) in [6, 6.07) is 6.96. The first kappa shape index (κ1) is 17.6. The molecule has 1 aromatic carbocycles. The van der Waals surface area contributed by atoms with Crippen molar-refractivity contribution in [1.82, 2.24) is 24.8 Å². The van der Waals surface area contributed by atoms with Crippen molar-refractivity contribution < 1.29 is 9.59 Å². The zero-order chi connectivity index (χ0) is 18.8. The summed E-state index contributed by atoms with van der Waals surface area (Å²) in [4.78, 5) is 41.2. The quantitative estimate of drug-likeness (QED) is 0.793. The molecular weight excluding hydrogens is 346 g/mol. The van der Waals surface area contributed by atoms with E-state index in [0.717, 1.165) is 30.6 Å². The fraction of sp³-hybridized carbons (Fsp3) is 0.526. The second-order valence-corrected chi connectivity index (χ2v) is 7.26. The molecule has 0 N–H and O–H groups in total. The average Bonchev–Trinajstić information content (AvgIpc) is 3.25. The molecule has 2 aliphatic rings. The Bertz CT molecular complexity index is 911. The Balaban J connectivity index is 1.38. The summed E-state index contributed by atoms with van der Waals surface area (Å²) in [7, 11) is 0. The molecular formula is C19H23N5O3. The van der Waals surface area contributed by atoms with E-state index in [-0.39, 0.29) is 29.8 Å². The van der Waals surface area contributed by atoms with Crippen molar-refractivity contribution in [3.63, 3.8) is 0 Å². The maximum Gasteiger partial charge on any atom is 0.278 e. The average molecular weight is 369 g/mol. The van der Waals surface area contributed by atoms with Gasteiger partial charge in [0, 0.05) is 32.1 Å². The van der Waals surface area contributed by atoms with Gasteiger partial charge in [0.25, 0.3) is 5.56 Å². The minimum Gasteiger partial charge on any atom is -0.342 e. The number of carbonyl (C=O) groups is 2. The van der Waals surface area contributed by atoms with Crippen LogP contribution in [0.5, 0.6) is 0 Å². The Kier molecular flexibility index (Phi) is 4.87. The van der Waals surface area contributed by atoms with Crippen LogP contribution in [0.1, 0.15) is 25.7 Å². The topological polar surface area (TPSA) is 88.4 Å². The molecule has 1 aromatic heterocycles. The van der Waals surface area contributed by atoms with E-state index in [1.807, 2.05) is 4.90 Å². The summed E-state index contributed by atoms with van der Waals surface area (Å²) in [5.41, 5.74) is 0.209. The number of carbonyl (C=O) groups excluding carboxylic acids is 2. The van der Waals surface area contributed by atoms with E-state index in [1.165, 1.54) is 0 Å². The lowest BCUT2D eigenvalue weighted by atomic mass is 9.95. The van der Waals surface area contributed by atoms with Gasteiger partial charge < -0.3 is 9.80 Å². The molecule has 2 aromatic rings. The highest BCUT2D eigenvalue weighted by molar-refractivity contribution is 5.81. The van der Waals surface area contributed by atoms with Crippen molar-refractivity contribution in [2.24, 2.45) is 5.92 Å². The van der Waals surface area contributed by atoms with Crippen LogP contribution < -0.4 is 5.56 Å². The van der Waals surface area contributed by atoms with E-state index in [4.69, 9.17) is 0 Å². The van der Waals surface area contributed by atoms with Crippen LogP contribution in [0, 0.1) is 5.92 Å². The summed E-state index contributed by atoms with van der Waals surface area (Å²) >= 11 is 0. The molecule has 2 amide bonds. The maximum atomic E-state index is 12.6. The van der Waals surface area contributed by atoms with Crippen LogP contribution in [0.25, 0.3) is 10.9 Å². The van der Waals surface area contributed by atoms with Gasteiger partial charge in [0.05, 0.1) is 5.39 Å². The van der Waals surface area contributed by atoms with Gasteiger partial charge in [-0.2, -0.15) is 0 Å². The van der Waals surface area contributed by atoms with Crippen LogP contribution in [-0.2, 0) is 16.1 Å². The van der Waals surface area contributed by atoms with Gasteiger partial charge in [-0.05, 0) is 37.8 Å². The van der Waals surface area contributed by atoms with Crippen molar-refractivity contribution >= 4 is 22.7 Å². The van der Waals surface area contributed by atoms with Crippen LogP contribution in [0.15, 0.2) is 29.1 Å². The molecule has 2 aliphatic heterocycles. The number of piperidine rings is 1. The van der Waals surface area contributed by atoms with Crippen molar-refractivity contribution in [2.75, 3.05) is 26.2 Å². The first-order valence-corrected chi connectivity index (χ1v) is 9.52. The number of rotatable bonds is 3. The monoisotopic (exact) mass is 369 g/mol. The van der Waals surface area contributed by atoms with Crippen LogP contribution in [-0.4, -0.2) is 62.8 Å². The lowest BCUT2D eigenvalue weighted by molar-refractivity contribution is -0.140. The number of hydrogen-bond acceptors (Lipinski definition) is 5. The molecule has 0 unspecified atom stereocenters. The van der Waals surface area contributed by atoms with Crippen molar-refractivity contribution in [1.29, 1.82) is 0 Å². The van der Waals surface area contributed by atoms with E-state index < -0.39 is 0 Å². The molecule has 4 rings (SSSR count). The molecule has 0 atom stereocenters. The maximum absolute atomic E-state index is 12.6. The molecule has 0 bridgehead atoms. The Labute approximate surface area is 156 Å². The predicted molar refractivity (Wildman–Crippen MR) is 98.9 cm³/mol. The number of aromatic nitrogens is 3. The largest absolute Gasteiger partial charge is 0.342 e. The highest BCUT2D eigenvalue weighted by atomic mass is 16.2. The lowest BCUT2D eigenvalue weighted by Crippen LogP contribution is -2.45. The number of likely N-dealkylation sites (tertiary alicyclic amines) is 2. The molecule has 2 saturated heterocycles. The number of benzene rings is 1. The standard InChI is InChI=1S/C19H23N5O3/c25-17(13-24-19(27)15-5-1-2-6-16(15)20-21-24)22-11-7-14(8-12-22)18(26)23-9-3-4-10-23/h1-2,5-6,14H,3-4,7-13H2. The first-order chi connectivity index (χ1) is 13.1. The van der Waals surface area contributed by atoms with Gasteiger partial charge in [0.15, 0.2) is 0 Å². The van der Waals surface area contributed by atoms with Crippen LogP contribution >= 0.6 is 0 Å². The van der Waals surface area contributed by atoms with Gasteiger partial charge in [-0.3, -0.25) is 14.4 Å². The van der Waals surface area contributed by atoms with E-state index >= 15 is 0 Å². The summed E-state index contributed by atoms with van der Waals surface area (Å²) < 4.78 is 1.12. The third-order valence-corrected chi connectivity index (χ3v) is 5.53. The molecule has 0 radical (unpaired) electrons. The van der Waals surface area contributed by atoms with Crippen LogP contribution in [0.4, 0.5) is 0 Å². The highest BCUT2D eigenvalue weighted by Crippen LogP contribution is 2.22. The molecule has 0 aliphatic carbocycles. The van der Waals surface area contributed by atoms with E-state index in [9.17, 15) is 14.4 Å². The lowest BCUT2D eigenvalue weighted by Gasteiger charge is -2.33. The molecule has 0 saturated carbocycles. The van der Waals surface area contributed by atoms with Crippen molar-refractivity contribution in [2.45, 2.75) is 32.2 Å². The third-order valence-electron chi connectivity index (χ3n) is 5.53. The second-order valence-electron chi connectivity index (χ2n) is 7.26. The number of amides is 2. The number of nitrogens with zero attached hydrogens (tertiary/aromatic N) is 5. The second kappa shape index (κ2) is 7.46. The van der Waals surface area contributed by atoms with Crippen molar-refractivity contribution in [3.8, 4) is 0 Å². The number of fused-ring (bicyclic) bond motifs is 1. The Morgan fingerprint density at radius 2 is 1.70 bits per heavy atom. The minimum atomic E-state index is -0.312. The van der Waals surface area contributed by atoms with Crippen LogP contribution in [0.2, 0.25) is 0 Å². The zero-order valence-corrected chi connectivity index (χ0v) is 15.2. The zero-order valence-electron chi connectivity index (χ0n) is 15.2. The van der Waals surface area contributed by atoms with Gasteiger partial charge in [0.1, 0.15) is 12.1 Å². The predicted octanol–water partition coefficient (Wildman–Crippen LogP) is 0.652. The van der Waals surface area contributed by atoms with Gasteiger partial charge in [-0.1, -0.05) is 17.3 Å². The molecule has 3 heterocycles. The Morgan fingerprint density at radius 3 is 2.44 bits per heavy atom. The number of hydrogen-bond donors (Lipinski definition) is 0. The summed E-state index contributed by atoms with van der Waals surface area (Å²) in [5, 5.41) is 8.35. The fourth-order valence-corrected chi connectivity index (χ4v) is 3.93. The summed E-state index contributed by atoms with van der Waals surface area (Å²) in [6.07, 6.45) is 3.54. The minimum absolute atomic E-state index is 0.00957. The molecule has 8 heteroatoms. The summed E-state index contributed by atoms with van der Waals surface area (Å²) in [6.45, 7) is 2.68. The van der Waals surface area contributed by atoms with Gasteiger partial charge in [-0.15, -0.1) is 5.10 Å². The van der Waals surface area contributed by atoms with E-state index in [0.29, 0.717) is 36.8 Å². The fourth-order valence-electron chi connectivity index (χ4n) is 3.93. The van der Waals surface area contributed by atoms with Crippen molar-refractivity contribution in [3.05, 3.63) is 34.6 Å². The third kappa shape index (κ3) is 3.56. The Morgan fingerprint density at radius 1 is 1.00 bits per heavy atom. The highest BCUT2D eigenvalue weighted by Gasteiger charge is 2.31. The van der Waals surface area contributed by atoms with Crippen LogP contribution in [0.3, 0.4) is 0 Å². The van der Waals surface area contributed by atoms with E-state index in [1.54, 1.807) is 29.2 Å². The Hall–Kier alpha value is -2.77. The molecule has 142 valence electrons. The summed E-state index contributed by atoms with van der Waals surface area (Å²) in [5.74, 6) is 0.0836. The normalized spacial score (nSPS) is 18.2. The molecule has 8 nitrogen and oxygen atoms in total. The smallest absolute Gasteiger partial charge is 0.278 e. The van der Waals surface area contributed by atoms with E-state index in [2.05, 4.69) is 10.3 Å². The molecule has 27 heavy (non-hydrogen) atoms. The molecule has 0 spiro atoms. The van der Waals surface area contributed by atoms with Gasteiger partial charge in [0.2, 0.25) is 11.8 Å². The molecule has 2 fully saturated rings. The first-order valence-electron chi connectivity index (χ1n) is 9.52.